The van der Waals surface area contributed by atoms with Crippen molar-refractivity contribution in [3.05, 3.63) is 64.3 Å². The minimum atomic E-state index is -4.64. The molecule has 1 fully saturated rings. The Balaban J connectivity index is 1.40. The third-order valence-corrected chi connectivity index (χ3v) is 8.63. The lowest BCUT2D eigenvalue weighted by Gasteiger charge is -2.33. The number of rotatable bonds is 7. The summed E-state index contributed by atoms with van der Waals surface area (Å²) in [5.41, 5.74) is 0.817. The molecule has 2 aliphatic rings. The number of pyridine rings is 1. The van der Waals surface area contributed by atoms with Crippen molar-refractivity contribution in [2.75, 3.05) is 34.7 Å². The Labute approximate surface area is 268 Å². The van der Waals surface area contributed by atoms with Gasteiger partial charge in [-0.05, 0) is 44.5 Å². The van der Waals surface area contributed by atoms with Crippen molar-refractivity contribution in [2.45, 2.75) is 64.6 Å². The van der Waals surface area contributed by atoms with Crippen LogP contribution < -0.4 is 14.7 Å². The Morgan fingerprint density at radius 2 is 1.89 bits per heavy atom. The number of alkyl halides is 4. The second-order valence-corrected chi connectivity index (χ2v) is 12.0. The van der Waals surface area contributed by atoms with Gasteiger partial charge in [0.2, 0.25) is 17.7 Å². The van der Waals surface area contributed by atoms with E-state index in [0.717, 1.165) is 28.6 Å². The number of halogens is 5. The van der Waals surface area contributed by atoms with Gasteiger partial charge in [-0.15, -0.1) is 11.6 Å². The predicted octanol–water partition coefficient (Wildman–Crippen LogP) is 5.02. The highest BCUT2D eigenvalue weighted by Crippen LogP contribution is 2.38. The van der Waals surface area contributed by atoms with E-state index in [1.54, 1.807) is 30.1 Å². The van der Waals surface area contributed by atoms with Gasteiger partial charge < -0.3 is 19.3 Å². The summed E-state index contributed by atoms with van der Waals surface area (Å²) in [5, 5.41) is 0.362. The lowest BCUT2D eigenvalue weighted by Crippen LogP contribution is -2.46. The minimum absolute atomic E-state index is 0.0128. The maximum atomic E-state index is 13.9. The number of carbonyl (C=O) groups excluding carboxylic acids is 3. The Bertz CT molecular complexity index is 1650. The number of aromatic nitrogens is 3. The number of hydrogen-bond donors (Lipinski definition) is 0. The van der Waals surface area contributed by atoms with Crippen LogP contribution in [0.15, 0.2) is 36.5 Å². The number of carbonyl (C=O) groups is 3. The molecule has 1 saturated heterocycles. The van der Waals surface area contributed by atoms with Crippen molar-refractivity contribution in [1.82, 2.24) is 19.4 Å². The number of hydrogen-bond acceptors (Lipinski definition) is 6. The number of para-hydroxylation sites is 1. The quantitative estimate of drug-likeness (QED) is 0.329. The van der Waals surface area contributed by atoms with Gasteiger partial charge in [-0.2, -0.15) is 13.2 Å². The summed E-state index contributed by atoms with van der Waals surface area (Å²) in [7, 11) is 3.34. The maximum absolute atomic E-state index is 13.9. The van der Waals surface area contributed by atoms with Crippen LogP contribution in [-0.2, 0) is 40.2 Å². The van der Waals surface area contributed by atoms with Crippen LogP contribution >= 0.6 is 23.2 Å². The zero-order chi connectivity index (χ0) is 32.8. The molecule has 240 valence electrons. The first kappa shape index (κ1) is 32.6. The largest absolute Gasteiger partial charge is 0.416 e. The summed E-state index contributed by atoms with van der Waals surface area (Å²) in [6.07, 6.45) is -2.62. The second kappa shape index (κ2) is 12.5. The van der Waals surface area contributed by atoms with E-state index < -0.39 is 29.6 Å². The van der Waals surface area contributed by atoms with Crippen molar-refractivity contribution < 1.29 is 27.6 Å². The molecule has 2 atom stereocenters. The first-order chi connectivity index (χ1) is 21.2. The number of fused-ring (bicyclic) bond motifs is 1. The molecule has 2 aliphatic heterocycles. The molecule has 0 radical (unpaired) electrons. The molecule has 45 heavy (non-hydrogen) atoms. The van der Waals surface area contributed by atoms with Crippen LogP contribution in [0.25, 0.3) is 0 Å². The number of likely N-dealkylation sites (N-methyl/N-ethyl adjacent to an activating group) is 1. The van der Waals surface area contributed by atoms with Crippen LogP contribution in [0.5, 0.6) is 0 Å². The number of amides is 3. The van der Waals surface area contributed by atoms with Crippen LogP contribution in [-0.4, -0.2) is 69.2 Å². The van der Waals surface area contributed by atoms with Gasteiger partial charge in [-0.25, -0.2) is 9.97 Å². The molecule has 3 amide bonds. The first-order valence-electron chi connectivity index (χ1n) is 14.2. The fourth-order valence-corrected chi connectivity index (χ4v) is 6.40. The zero-order valence-corrected chi connectivity index (χ0v) is 26.6. The third-order valence-electron chi connectivity index (χ3n) is 8.10. The topological polar surface area (TPSA) is 94.9 Å². The SMILES string of the molecule is Cc1cc(C(F)(F)F)cc(N2C(=O)CC[C@H]2C(=O)N(C)c2cccc(Cl)c2N(C)Cc2cn3c(n2)CN(C(=O)CCl)C(C)C3)n1. The second-order valence-electron chi connectivity index (χ2n) is 11.3. The number of imidazole rings is 1. The van der Waals surface area contributed by atoms with Gasteiger partial charge in [0.05, 0.1) is 40.7 Å². The summed E-state index contributed by atoms with van der Waals surface area (Å²) in [6.45, 7) is 4.58. The molecule has 4 heterocycles. The molecule has 2 aromatic heterocycles. The summed E-state index contributed by atoms with van der Waals surface area (Å²) in [6, 6.07) is 5.67. The van der Waals surface area contributed by atoms with Gasteiger partial charge >= 0.3 is 6.18 Å². The molecule has 15 heteroatoms. The molecule has 0 spiro atoms. The van der Waals surface area contributed by atoms with E-state index >= 15 is 0 Å². The van der Waals surface area contributed by atoms with E-state index in [4.69, 9.17) is 28.2 Å². The van der Waals surface area contributed by atoms with Crippen LogP contribution in [0.1, 0.15) is 42.5 Å². The lowest BCUT2D eigenvalue weighted by atomic mass is 10.1. The first-order valence-corrected chi connectivity index (χ1v) is 15.2. The third kappa shape index (κ3) is 6.46. The van der Waals surface area contributed by atoms with Crippen molar-refractivity contribution in [3.63, 3.8) is 0 Å². The van der Waals surface area contributed by atoms with E-state index in [1.807, 2.05) is 22.6 Å². The number of benzene rings is 1. The number of anilines is 3. The van der Waals surface area contributed by atoms with Crippen LogP contribution in [0.2, 0.25) is 5.02 Å². The Hall–Kier alpha value is -3.84. The molecule has 1 aromatic carbocycles. The summed E-state index contributed by atoms with van der Waals surface area (Å²) in [4.78, 5) is 54.0. The van der Waals surface area contributed by atoms with E-state index in [9.17, 15) is 27.6 Å². The Morgan fingerprint density at radius 1 is 1.16 bits per heavy atom. The molecule has 5 rings (SSSR count). The Morgan fingerprint density at radius 3 is 2.58 bits per heavy atom. The van der Waals surface area contributed by atoms with Gasteiger partial charge in [0, 0.05) is 45.0 Å². The lowest BCUT2D eigenvalue weighted by molar-refractivity contribution is -0.137. The van der Waals surface area contributed by atoms with E-state index in [-0.39, 0.29) is 42.2 Å². The molecule has 0 aliphatic carbocycles. The van der Waals surface area contributed by atoms with Gasteiger partial charge in [0.15, 0.2) is 0 Å². The fourth-order valence-electron chi connectivity index (χ4n) is 5.94. The molecule has 10 nitrogen and oxygen atoms in total. The standard InChI is InChI=1S/C30H32Cl2F3N7O3/c1-17-10-19(30(33,34)35)11-24(36-17)42-23(8-9-26(42)43)29(45)39(4)22-7-5-6-21(32)28(22)38(3)14-20-15-40-13-18(2)41(27(44)12-31)16-25(40)37-20/h5-7,10-11,15,18,23H,8-9,12-14,16H2,1-4H3/t18?,23-/m0/s1. The monoisotopic (exact) mass is 665 g/mol. The normalized spacial score (nSPS) is 18.3. The Kier molecular flexibility index (Phi) is 9.05. The number of nitrogens with zero attached hydrogens (tertiary/aromatic N) is 7. The molecule has 0 N–H and O–H groups in total. The summed E-state index contributed by atoms with van der Waals surface area (Å²) in [5.74, 6) is -0.737. The average Bonchev–Trinajstić information content (AvgIpc) is 3.56. The predicted molar refractivity (Wildman–Crippen MR) is 164 cm³/mol. The zero-order valence-electron chi connectivity index (χ0n) is 25.1. The van der Waals surface area contributed by atoms with E-state index in [1.165, 1.54) is 18.9 Å². The van der Waals surface area contributed by atoms with E-state index in [2.05, 4.69) is 4.98 Å². The van der Waals surface area contributed by atoms with Crippen molar-refractivity contribution in [1.29, 1.82) is 0 Å². The van der Waals surface area contributed by atoms with Crippen molar-refractivity contribution >= 4 is 58.1 Å². The van der Waals surface area contributed by atoms with Gasteiger partial charge in [0.25, 0.3) is 0 Å². The van der Waals surface area contributed by atoms with Crippen molar-refractivity contribution in [3.8, 4) is 0 Å². The molecular formula is C30H32Cl2F3N7O3. The average molecular weight is 667 g/mol. The van der Waals surface area contributed by atoms with Crippen LogP contribution in [0, 0.1) is 6.92 Å². The highest BCUT2D eigenvalue weighted by molar-refractivity contribution is 6.34. The van der Waals surface area contributed by atoms with Gasteiger partial charge in [0.1, 0.15) is 23.6 Å². The molecule has 3 aromatic rings. The molecule has 1 unspecified atom stereocenters. The minimum Gasteiger partial charge on any atom is -0.366 e. The highest BCUT2D eigenvalue weighted by atomic mass is 35.5. The maximum Gasteiger partial charge on any atom is 0.416 e. The fraction of sp³-hybridized carbons (Fsp3) is 0.433. The molecular weight excluding hydrogens is 634 g/mol. The summed E-state index contributed by atoms with van der Waals surface area (Å²) >= 11 is 12.5. The molecule has 0 bridgehead atoms. The molecule has 0 saturated carbocycles. The van der Waals surface area contributed by atoms with Crippen molar-refractivity contribution in [2.24, 2.45) is 0 Å². The smallest absolute Gasteiger partial charge is 0.366 e. The van der Waals surface area contributed by atoms with Gasteiger partial charge in [-0.3, -0.25) is 19.3 Å². The number of aryl methyl sites for hydroxylation is 1. The summed E-state index contributed by atoms with van der Waals surface area (Å²) < 4.78 is 42.7. The van der Waals surface area contributed by atoms with Gasteiger partial charge in [-0.1, -0.05) is 17.7 Å². The highest BCUT2D eigenvalue weighted by Gasteiger charge is 2.41. The van der Waals surface area contributed by atoms with Crippen LogP contribution in [0.3, 0.4) is 0 Å². The van der Waals surface area contributed by atoms with Crippen LogP contribution in [0.4, 0.5) is 30.4 Å². The van der Waals surface area contributed by atoms with E-state index in [0.29, 0.717) is 36.0 Å².